The van der Waals surface area contributed by atoms with Crippen LogP contribution in [0.2, 0.25) is 0 Å². The Morgan fingerprint density at radius 2 is 2.07 bits per heavy atom. The maximum Gasteiger partial charge on any atom is 0.253 e. The minimum atomic E-state index is -3.66. The van der Waals surface area contributed by atoms with Gasteiger partial charge in [0.2, 0.25) is 5.91 Å². The Kier molecular flexibility index (Phi) is 5.04. The van der Waals surface area contributed by atoms with Gasteiger partial charge in [-0.05, 0) is 36.4 Å². The predicted octanol–water partition coefficient (Wildman–Crippen LogP) is 3.06. The summed E-state index contributed by atoms with van der Waals surface area (Å²) < 4.78 is 27.1. The van der Waals surface area contributed by atoms with Crippen molar-refractivity contribution in [2.45, 2.75) is 23.1 Å². The van der Waals surface area contributed by atoms with E-state index in [0.717, 1.165) is 17.0 Å². The molecule has 4 rings (SSSR count). The lowest BCUT2D eigenvalue weighted by Gasteiger charge is -2.22. The van der Waals surface area contributed by atoms with Crippen molar-refractivity contribution in [1.82, 2.24) is 14.3 Å². The molecule has 0 spiro atoms. The summed E-state index contributed by atoms with van der Waals surface area (Å²) in [4.78, 5) is 21.3. The van der Waals surface area contributed by atoms with Crippen LogP contribution < -0.4 is 5.32 Å². The van der Waals surface area contributed by atoms with Crippen molar-refractivity contribution >= 4 is 43.7 Å². The zero-order chi connectivity index (χ0) is 18.9. The molecule has 1 N–H and O–H groups in total. The van der Waals surface area contributed by atoms with Crippen molar-refractivity contribution in [3.05, 3.63) is 47.3 Å². The zero-order valence-electron chi connectivity index (χ0n) is 14.1. The van der Waals surface area contributed by atoms with Gasteiger partial charge in [0.25, 0.3) is 10.0 Å². The number of anilines is 1. The van der Waals surface area contributed by atoms with Crippen LogP contribution in [0.25, 0.3) is 11.4 Å². The van der Waals surface area contributed by atoms with Gasteiger partial charge < -0.3 is 5.32 Å². The van der Waals surface area contributed by atoms with E-state index < -0.39 is 16.1 Å². The average molecular weight is 421 g/mol. The second kappa shape index (κ2) is 7.47. The van der Waals surface area contributed by atoms with E-state index in [0.29, 0.717) is 30.2 Å². The van der Waals surface area contributed by atoms with Gasteiger partial charge >= 0.3 is 0 Å². The van der Waals surface area contributed by atoms with Crippen molar-refractivity contribution in [2.24, 2.45) is 0 Å². The van der Waals surface area contributed by atoms with Crippen LogP contribution in [0.4, 0.5) is 5.13 Å². The van der Waals surface area contributed by atoms with Crippen LogP contribution in [0.15, 0.2) is 51.5 Å². The third-order valence-electron chi connectivity index (χ3n) is 4.23. The van der Waals surface area contributed by atoms with Crippen LogP contribution in [-0.4, -0.2) is 41.2 Å². The lowest BCUT2D eigenvalue weighted by atomic mass is 10.2. The average Bonchev–Trinajstić information content (AvgIpc) is 3.42. The largest absolute Gasteiger partial charge is 0.301 e. The van der Waals surface area contributed by atoms with Gasteiger partial charge in [-0.3, -0.25) is 9.78 Å². The fourth-order valence-corrected chi connectivity index (χ4v) is 6.45. The number of thiophene rings is 1. The van der Waals surface area contributed by atoms with Gasteiger partial charge in [-0.25, -0.2) is 13.4 Å². The summed E-state index contributed by atoms with van der Waals surface area (Å²) in [5, 5.41) is 6.72. The van der Waals surface area contributed by atoms with Crippen LogP contribution in [0.3, 0.4) is 0 Å². The predicted molar refractivity (Wildman–Crippen MR) is 105 cm³/mol. The van der Waals surface area contributed by atoms with Gasteiger partial charge in [-0.1, -0.05) is 12.1 Å². The number of hydrogen-bond acceptors (Lipinski definition) is 7. The normalized spacial score (nSPS) is 17.9. The number of pyridine rings is 1. The van der Waals surface area contributed by atoms with Crippen molar-refractivity contribution in [3.63, 3.8) is 0 Å². The first kappa shape index (κ1) is 18.2. The number of thiazole rings is 1. The Labute approximate surface area is 164 Å². The number of carbonyl (C=O) groups is 1. The smallest absolute Gasteiger partial charge is 0.253 e. The van der Waals surface area contributed by atoms with E-state index in [2.05, 4.69) is 15.3 Å². The van der Waals surface area contributed by atoms with E-state index in [9.17, 15) is 13.2 Å². The molecule has 3 aromatic rings. The molecule has 4 heterocycles. The van der Waals surface area contributed by atoms with Crippen LogP contribution in [0.1, 0.15) is 12.8 Å². The summed E-state index contributed by atoms with van der Waals surface area (Å²) in [7, 11) is -3.66. The Bertz CT molecular complexity index is 1030. The fraction of sp³-hybridized carbons (Fsp3) is 0.235. The van der Waals surface area contributed by atoms with Gasteiger partial charge in [-0.2, -0.15) is 4.31 Å². The van der Waals surface area contributed by atoms with Crippen LogP contribution in [-0.2, 0) is 14.8 Å². The first-order chi connectivity index (χ1) is 13.1. The first-order valence-electron chi connectivity index (χ1n) is 8.29. The second-order valence-electron chi connectivity index (χ2n) is 5.95. The standard InChI is InChI=1S/C17H16N4O3S3/c22-16(20-17-19-13(11-26-17)12-5-1-2-8-18-12)14-6-3-9-21(14)27(23,24)15-7-4-10-25-15/h1-2,4-5,7-8,10-11,14H,3,6,9H2,(H,19,20,22)/t14-/m0/s1. The number of nitrogens with one attached hydrogen (secondary N) is 1. The maximum atomic E-state index is 12.8. The van der Waals surface area contributed by atoms with Crippen molar-refractivity contribution in [2.75, 3.05) is 11.9 Å². The van der Waals surface area contributed by atoms with Crippen molar-refractivity contribution in [1.29, 1.82) is 0 Å². The Morgan fingerprint density at radius 3 is 2.81 bits per heavy atom. The third kappa shape index (κ3) is 3.65. The molecule has 1 saturated heterocycles. The lowest BCUT2D eigenvalue weighted by Crippen LogP contribution is -2.42. The molecule has 0 aliphatic carbocycles. The molecule has 3 aromatic heterocycles. The third-order valence-corrected chi connectivity index (χ3v) is 8.26. The minimum Gasteiger partial charge on any atom is -0.301 e. The monoisotopic (exact) mass is 420 g/mol. The van der Waals surface area contributed by atoms with E-state index >= 15 is 0 Å². The van der Waals surface area contributed by atoms with Gasteiger partial charge in [0, 0.05) is 18.1 Å². The highest BCUT2D eigenvalue weighted by molar-refractivity contribution is 7.91. The molecule has 1 aliphatic rings. The molecule has 1 fully saturated rings. The Hall–Kier alpha value is -2.14. The quantitative estimate of drug-likeness (QED) is 0.685. The molecule has 27 heavy (non-hydrogen) atoms. The number of carbonyl (C=O) groups excluding carboxylic acids is 1. The van der Waals surface area contributed by atoms with Gasteiger partial charge in [0.05, 0.1) is 5.69 Å². The molecule has 7 nitrogen and oxygen atoms in total. The SMILES string of the molecule is O=C(Nc1nc(-c2ccccn2)cs1)[C@@H]1CCCN1S(=O)(=O)c1cccs1. The molecular weight excluding hydrogens is 404 g/mol. The Balaban J connectivity index is 1.50. The van der Waals surface area contributed by atoms with E-state index in [1.807, 2.05) is 23.6 Å². The Morgan fingerprint density at radius 1 is 1.19 bits per heavy atom. The van der Waals surface area contributed by atoms with E-state index in [-0.39, 0.29) is 10.1 Å². The summed E-state index contributed by atoms with van der Waals surface area (Å²) in [6, 6.07) is 8.06. The molecule has 1 atom stereocenters. The summed E-state index contributed by atoms with van der Waals surface area (Å²) >= 11 is 2.45. The number of nitrogens with zero attached hydrogens (tertiary/aromatic N) is 3. The molecule has 1 aliphatic heterocycles. The van der Waals surface area contributed by atoms with Crippen LogP contribution >= 0.6 is 22.7 Å². The van der Waals surface area contributed by atoms with E-state index in [4.69, 9.17) is 0 Å². The molecule has 0 unspecified atom stereocenters. The molecule has 0 aromatic carbocycles. The molecule has 1 amide bonds. The molecule has 0 saturated carbocycles. The lowest BCUT2D eigenvalue weighted by molar-refractivity contribution is -0.119. The van der Waals surface area contributed by atoms with E-state index in [1.165, 1.54) is 15.6 Å². The zero-order valence-corrected chi connectivity index (χ0v) is 16.6. The van der Waals surface area contributed by atoms with Gasteiger partial charge in [0.15, 0.2) is 5.13 Å². The summed E-state index contributed by atoms with van der Waals surface area (Å²) in [6.07, 6.45) is 2.83. The second-order valence-corrected chi connectivity index (χ2v) is 9.87. The summed E-state index contributed by atoms with van der Waals surface area (Å²) in [6.45, 7) is 0.343. The molecule has 0 bridgehead atoms. The highest BCUT2D eigenvalue weighted by Crippen LogP contribution is 2.30. The van der Waals surface area contributed by atoms with Crippen LogP contribution in [0.5, 0.6) is 0 Å². The van der Waals surface area contributed by atoms with Crippen molar-refractivity contribution < 1.29 is 13.2 Å². The molecule has 10 heteroatoms. The minimum absolute atomic E-state index is 0.258. The van der Waals surface area contributed by atoms with Gasteiger partial charge in [-0.15, -0.1) is 22.7 Å². The first-order valence-corrected chi connectivity index (χ1v) is 11.5. The van der Waals surface area contributed by atoms with Crippen molar-refractivity contribution in [3.8, 4) is 11.4 Å². The highest BCUT2D eigenvalue weighted by Gasteiger charge is 2.40. The summed E-state index contributed by atoms with van der Waals surface area (Å²) in [5.74, 6) is -0.352. The van der Waals surface area contributed by atoms with Gasteiger partial charge in [0.1, 0.15) is 15.9 Å². The topological polar surface area (TPSA) is 92.3 Å². The summed E-state index contributed by atoms with van der Waals surface area (Å²) in [5.41, 5.74) is 1.39. The maximum absolute atomic E-state index is 12.8. The molecular formula is C17H16N4O3S3. The number of hydrogen-bond donors (Lipinski definition) is 1. The number of sulfonamides is 1. The van der Waals surface area contributed by atoms with Crippen LogP contribution in [0, 0.1) is 0 Å². The number of amides is 1. The molecule has 0 radical (unpaired) electrons. The number of rotatable bonds is 5. The fourth-order valence-electron chi connectivity index (χ4n) is 2.97. The number of aromatic nitrogens is 2. The van der Waals surface area contributed by atoms with E-state index in [1.54, 1.807) is 23.7 Å². The molecule has 140 valence electrons. The highest BCUT2D eigenvalue weighted by atomic mass is 32.2.